The van der Waals surface area contributed by atoms with Gasteiger partial charge < -0.3 is 18.6 Å². The van der Waals surface area contributed by atoms with E-state index in [1.54, 1.807) is 24.3 Å². The third kappa shape index (κ3) is 10.5. The first-order chi connectivity index (χ1) is 17.7. The first kappa shape index (κ1) is 32.6. The molecule has 0 bridgehead atoms. The Bertz CT molecular complexity index is 836. The summed E-state index contributed by atoms with van der Waals surface area (Å²) in [5.74, 6) is 0.0586. The van der Waals surface area contributed by atoms with Crippen LogP contribution in [-0.4, -0.2) is 45.4 Å². The summed E-state index contributed by atoms with van der Waals surface area (Å²) in [6.45, 7) is 12.6. The molecule has 0 radical (unpaired) electrons. The molecule has 2 rings (SSSR count). The highest BCUT2D eigenvalue weighted by Crippen LogP contribution is 2.42. The highest BCUT2D eigenvalue weighted by atomic mass is 28.4. The zero-order valence-electron chi connectivity index (χ0n) is 24.0. The summed E-state index contributed by atoms with van der Waals surface area (Å²) in [4.78, 5) is 12.7. The number of hydrogen-bond donors (Lipinski definition) is 0. The van der Waals surface area contributed by atoms with Crippen LogP contribution in [-0.2, 0) is 14.0 Å². The van der Waals surface area contributed by atoms with Crippen molar-refractivity contribution in [1.82, 2.24) is 0 Å². The van der Waals surface area contributed by atoms with Gasteiger partial charge in [-0.1, -0.05) is 72.6 Å². The molecule has 9 heteroatoms. The SMILES string of the molecule is CCCCCCCCCCOc1ccc(OC(=O)C2CCC(O[Si](C)(C)C(C)(C)C)C(C(F)(F)F)O2)cc1. The predicted molar refractivity (Wildman–Crippen MR) is 146 cm³/mol. The van der Waals surface area contributed by atoms with Gasteiger partial charge in [-0.3, -0.25) is 0 Å². The van der Waals surface area contributed by atoms with Gasteiger partial charge in [0.25, 0.3) is 0 Å². The number of alkyl halides is 3. The van der Waals surface area contributed by atoms with E-state index in [1.807, 2.05) is 33.9 Å². The van der Waals surface area contributed by atoms with Crippen molar-refractivity contribution in [3.63, 3.8) is 0 Å². The number of esters is 1. The summed E-state index contributed by atoms with van der Waals surface area (Å²) < 4.78 is 63.9. The largest absolute Gasteiger partial charge is 0.494 e. The van der Waals surface area contributed by atoms with E-state index >= 15 is 0 Å². The minimum Gasteiger partial charge on any atom is -0.494 e. The molecule has 218 valence electrons. The van der Waals surface area contributed by atoms with Gasteiger partial charge in [-0.25, -0.2) is 4.79 Å². The minimum absolute atomic E-state index is 0.0714. The molecule has 0 spiro atoms. The maximum absolute atomic E-state index is 13.8. The van der Waals surface area contributed by atoms with Crippen LogP contribution in [0.5, 0.6) is 11.5 Å². The molecule has 0 aromatic heterocycles. The van der Waals surface area contributed by atoms with Gasteiger partial charge in [0.15, 0.2) is 20.5 Å². The molecule has 1 aromatic rings. The third-order valence-corrected chi connectivity index (χ3v) is 12.0. The highest BCUT2D eigenvalue weighted by Gasteiger charge is 2.53. The molecule has 0 saturated carbocycles. The summed E-state index contributed by atoms with van der Waals surface area (Å²) in [5.41, 5.74) is 0. The van der Waals surface area contributed by atoms with Gasteiger partial charge in [-0.2, -0.15) is 13.2 Å². The second-order valence-corrected chi connectivity index (χ2v) is 16.6. The average Bonchev–Trinajstić information content (AvgIpc) is 2.82. The third-order valence-electron chi connectivity index (χ3n) is 7.51. The molecule has 1 aliphatic heterocycles. The Morgan fingerprint density at radius 3 is 2.03 bits per heavy atom. The topological polar surface area (TPSA) is 54.0 Å². The van der Waals surface area contributed by atoms with Crippen molar-refractivity contribution in [3.8, 4) is 11.5 Å². The van der Waals surface area contributed by atoms with Crippen molar-refractivity contribution in [2.75, 3.05) is 6.61 Å². The first-order valence-corrected chi connectivity index (χ1v) is 17.0. The molecule has 5 nitrogen and oxygen atoms in total. The number of carbonyl (C=O) groups excluding carboxylic acids is 1. The van der Waals surface area contributed by atoms with Crippen molar-refractivity contribution >= 4 is 14.3 Å². The van der Waals surface area contributed by atoms with Crippen LogP contribution < -0.4 is 9.47 Å². The maximum atomic E-state index is 13.8. The Balaban J connectivity index is 1.82. The van der Waals surface area contributed by atoms with E-state index in [1.165, 1.54) is 38.5 Å². The molecule has 1 heterocycles. The fourth-order valence-electron chi connectivity index (χ4n) is 4.15. The minimum atomic E-state index is -4.65. The Kier molecular flexibility index (Phi) is 12.6. The van der Waals surface area contributed by atoms with Crippen LogP contribution in [0.25, 0.3) is 0 Å². The quantitative estimate of drug-likeness (QED) is 0.0987. The van der Waals surface area contributed by atoms with E-state index in [2.05, 4.69) is 6.92 Å². The van der Waals surface area contributed by atoms with Crippen molar-refractivity contribution in [2.24, 2.45) is 0 Å². The van der Waals surface area contributed by atoms with Crippen LogP contribution in [0, 0.1) is 0 Å². The number of unbranched alkanes of at least 4 members (excludes halogenated alkanes) is 7. The molecular weight excluding hydrogens is 513 g/mol. The van der Waals surface area contributed by atoms with E-state index in [0.717, 1.165) is 12.8 Å². The second-order valence-electron chi connectivity index (χ2n) is 11.8. The van der Waals surface area contributed by atoms with Gasteiger partial charge in [0.1, 0.15) is 11.5 Å². The van der Waals surface area contributed by atoms with Crippen molar-refractivity contribution in [1.29, 1.82) is 0 Å². The molecular formula is C29H47F3O5Si. The van der Waals surface area contributed by atoms with Gasteiger partial charge in [0.2, 0.25) is 0 Å². The monoisotopic (exact) mass is 560 g/mol. The lowest BCUT2D eigenvalue weighted by Crippen LogP contribution is -2.56. The van der Waals surface area contributed by atoms with Crippen LogP contribution in [0.4, 0.5) is 13.2 Å². The molecule has 1 aromatic carbocycles. The number of benzene rings is 1. The number of halogens is 3. The summed E-state index contributed by atoms with van der Waals surface area (Å²) >= 11 is 0. The Morgan fingerprint density at radius 2 is 1.47 bits per heavy atom. The van der Waals surface area contributed by atoms with Gasteiger partial charge >= 0.3 is 12.1 Å². The van der Waals surface area contributed by atoms with Crippen molar-refractivity contribution in [3.05, 3.63) is 24.3 Å². The molecule has 3 atom stereocenters. The lowest BCUT2D eigenvalue weighted by atomic mass is 10.0. The van der Waals surface area contributed by atoms with E-state index in [4.69, 9.17) is 18.6 Å². The number of rotatable bonds is 14. The summed E-state index contributed by atoms with van der Waals surface area (Å²) in [6, 6.07) is 6.54. The number of hydrogen-bond acceptors (Lipinski definition) is 5. The lowest BCUT2D eigenvalue weighted by molar-refractivity contribution is -0.269. The normalized spacial score (nSPS) is 20.8. The van der Waals surface area contributed by atoms with Crippen LogP contribution in [0.15, 0.2) is 24.3 Å². The first-order valence-electron chi connectivity index (χ1n) is 14.1. The van der Waals surface area contributed by atoms with Crippen LogP contribution in [0.3, 0.4) is 0 Å². The highest BCUT2D eigenvalue weighted by molar-refractivity contribution is 6.74. The van der Waals surface area contributed by atoms with E-state index in [-0.39, 0.29) is 23.6 Å². The van der Waals surface area contributed by atoms with Crippen molar-refractivity contribution < 1.29 is 36.6 Å². The van der Waals surface area contributed by atoms with Crippen LogP contribution in [0.1, 0.15) is 91.9 Å². The van der Waals surface area contributed by atoms with Crippen LogP contribution in [0.2, 0.25) is 18.1 Å². The maximum Gasteiger partial charge on any atom is 0.417 e. The second kappa shape index (κ2) is 14.7. The number of carbonyl (C=O) groups is 1. The van der Waals surface area contributed by atoms with Crippen molar-refractivity contribution in [2.45, 2.75) is 135 Å². The van der Waals surface area contributed by atoms with E-state index in [9.17, 15) is 18.0 Å². The van der Waals surface area contributed by atoms with Gasteiger partial charge in [-0.15, -0.1) is 0 Å². The lowest BCUT2D eigenvalue weighted by Gasteiger charge is -2.44. The fraction of sp³-hybridized carbons (Fsp3) is 0.759. The molecule has 38 heavy (non-hydrogen) atoms. The number of ether oxygens (including phenoxy) is 3. The zero-order valence-corrected chi connectivity index (χ0v) is 25.0. The molecule has 0 amide bonds. The van der Waals surface area contributed by atoms with Gasteiger partial charge in [-0.05, 0) is 61.7 Å². The Hall–Kier alpha value is -1.58. The smallest absolute Gasteiger partial charge is 0.417 e. The molecule has 0 aliphatic carbocycles. The van der Waals surface area contributed by atoms with E-state index < -0.39 is 38.8 Å². The predicted octanol–water partition coefficient (Wildman–Crippen LogP) is 8.61. The summed E-state index contributed by atoms with van der Waals surface area (Å²) in [7, 11) is -2.46. The molecule has 1 aliphatic rings. The van der Waals surface area contributed by atoms with Gasteiger partial charge in [0, 0.05) is 0 Å². The standard InChI is InChI=1S/C29H47F3O5Si/c1-7-8-9-10-11-12-13-14-21-34-22-15-17-23(18-16-22)35-27(33)25-20-19-24(26(36-25)29(30,31)32)37-38(5,6)28(2,3)4/h15-18,24-26H,7-14,19-21H2,1-6H3. The Morgan fingerprint density at radius 1 is 0.921 bits per heavy atom. The Labute approximate surface area is 227 Å². The van der Waals surface area contributed by atoms with Gasteiger partial charge in [0.05, 0.1) is 12.7 Å². The zero-order chi connectivity index (χ0) is 28.4. The average molecular weight is 561 g/mol. The molecule has 0 N–H and O–H groups in total. The molecule has 1 fully saturated rings. The van der Waals surface area contributed by atoms with E-state index in [0.29, 0.717) is 12.4 Å². The summed E-state index contributed by atoms with van der Waals surface area (Å²) in [6.07, 6.45) is 0.651. The molecule has 1 saturated heterocycles. The molecule has 3 unspecified atom stereocenters. The van der Waals surface area contributed by atoms with Crippen LogP contribution >= 0.6 is 0 Å². The summed E-state index contributed by atoms with van der Waals surface area (Å²) in [5, 5.41) is -0.247. The fourth-order valence-corrected chi connectivity index (χ4v) is 5.50.